The SMILES string of the molecule is N#CCCN(C(=O)COC(=O)c1ccc(-c2ccccc2)cc1)c1ccccc1. The summed E-state index contributed by atoms with van der Waals surface area (Å²) < 4.78 is 5.20. The molecular formula is C24H20N2O3. The molecule has 0 saturated carbocycles. The molecule has 0 N–H and O–H groups in total. The first kappa shape index (κ1) is 19.8. The van der Waals surface area contributed by atoms with Gasteiger partial charge in [0.2, 0.25) is 0 Å². The molecule has 0 bridgehead atoms. The van der Waals surface area contributed by atoms with Crippen molar-refractivity contribution in [3.05, 3.63) is 90.5 Å². The van der Waals surface area contributed by atoms with Crippen molar-refractivity contribution in [2.24, 2.45) is 0 Å². The maximum atomic E-state index is 12.6. The van der Waals surface area contributed by atoms with Crippen molar-refractivity contribution in [3.8, 4) is 17.2 Å². The third-order valence-electron chi connectivity index (χ3n) is 4.37. The minimum absolute atomic E-state index is 0.190. The summed E-state index contributed by atoms with van der Waals surface area (Å²) in [5, 5.41) is 8.84. The summed E-state index contributed by atoms with van der Waals surface area (Å²) in [6.45, 7) is -0.151. The standard InChI is InChI=1S/C24H20N2O3/c25-16-7-17-26(22-10-5-2-6-11-22)23(27)18-29-24(28)21-14-12-20(13-15-21)19-8-3-1-4-9-19/h1-6,8-15H,7,17-18H2. The summed E-state index contributed by atoms with van der Waals surface area (Å²) >= 11 is 0. The first-order valence-electron chi connectivity index (χ1n) is 9.24. The average Bonchev–Trinajstić information content (AvgIpc) is 2.79. The van der Waals surface area contributed by atoms with Crippen molar-refractivity contribution in [1.29, 1.82) is 5.26 Å². The Bertz CT molecular complexity index is 994. The highest BCUT2D eigenvalue weighted by molar-refractivity contribution is 5.97. The number of carbonyl (C=O) groups excluding carboxylic acids is 2. The van der Waals surface area contributed by atoms with E-state index in [9.17, 15) is 9.59 Å². The Balaban J connectivity index is 1.63. The second-order valence-corrected chi connectivity index (χ2v) is 6.31. The van der Waals surface area contributed by atoms with Gasteiger partial charge in [0, 0.05) is 12.2 Å². The van der Waals surface area contributed by atoms with E-state index in [0.29, 0.717) is 11.3 Å². The first-order chi connectivity index (χ1) is 14.2. The van der Waals surface area contributed by atoms with Gasteiger partial charge in [-0.25, -0.2) is 4.79 Å². The zero-order valence-electron chi connectivity index (χ0n) is 15.8. The second kappa shape index (κ2) is 9.86. The van der Waals surface area contributed by atoms with Gasteiger partial charge in [-0.1, -0.05) is 60.7 Å². The molecule has 5 heteroatoms. The highest BCUT2D eigenvalue weighted by atomic mass is 16.5. The first-order valence-corrected chi connectivity index (χ1v) is 9.24. The fraction of sp³-hybridized carbons (Fsp3) is 0.125. The van der Waals surface area contributed by atoms with Gasteiger partial charge in [-0.3, -0.25) is 4.79 Å². The van der Waals surface area contributed by atoms with Crippen molar-refractivity contribution in [3.63, 3.8) is 0 Å². The van der Waals surface area contributed by atoms with Gasteiger partial charge in [-0.15, -0.1) is 0 Å². The number of nitrogens with zero attached hydrogens (tertiary/aromatic N) is 2. The monoisotopic (exact) mass is 384 g/mol. The highest BCUT2D eigenvalue weighted by Crippen LogP contribution is 2.20. The molecule has 3 aromatic rings. The fourth-order valence-corrected chi connectivity index (χ4v) is 2.89. The van der Waals surface area contributed by atoms with Gasteiger partial charge in [0.05, 0.1) is 18.1 Å². The van der Waals surface area contributed by atoms with Crippen LogP contribution in [0.5, 0.6) is 0 Å². The number of rotatable bonds is 7. The molecule has 3 aromatic carbocycles. The van der Waals surface area contributed by atoms with Crippen LogP contribution in [0.2, 0.25) is 0 Å². The van der Waals surface area contributed by atoms with Gasteiger partial charge < -0.3 is 9.64 Å². The summed E-state index contributed by atoms with van der Waals surface area (Å²) in [6, 6.07) is 27.9. The van der Waals surface area contributed by atoms with Crippen LogP contribution < -0.4 is 4.90 Å². The van der Waals surface area contributed by atoms with Crippen molar-refractivity contribution in [1.82, 2.24) is 0 Å². The van der Waals surface area contributed by atoms with E-state index in [2.05, 4.69) is 0 Å². The lowest BCUT2D eigenvalue weighted by molar-refractivity contribution is -0.121. The number of hydrogen-bond donors (Lipinski definition) is 0. The van der Waals surface area contributed by atoms with Crippen LogP contribution >= 0.6 is 0 Å². The van der Waals surface area contributed by atoms with Crippen molar-refractivity contribution in [2.75, 3.05) is 18.1 Å². The van der Waals surface area contributed by atoms with E-state index >= 15 is 0 Å². The summed E-state index contributed by atoms with van der Waals surface area (Å²) in [5.41, 5.74) is 3.08. The van der Waals surface area contributed by atoms with Crippen LogP contribution in [0, 0.1) is 11.3 Å². The number of hydrogen-bond acceptors (Lipinski definition) is 4. The van der Waals surface area contributed by atoms with Crippen LogP contribution in [-0.4, -0.2) is 25.0 Å². The maximum Gasteiger partial charge on any atom is 0.338 e. The summed E-state index contributed by atoms with van der Waals surface area (Å²) in [6.07, 6.45) is 0.190. The number of esters is 1. The molecule has 0 aliphatic carbocycles. The molecule has 0 saturated heterocycles. The quantitative estimate of drug-likeness (QED) is 0.564. The molecule has 0 unspecified atom stereocenters. The average molecular weight is 384 g/mol. The highest BCUT2D eigenvalue weighted by Gasteiger charge is 2.18. The van der Waals surface area contributed by atoms with E-state index in [4.69, 9.17) is 10.00 Å². The molecule has 29 heavy (non-hydrogen) atoms. The number of anilines is 1. The van der Waals surface area contributed by atoms with Crippen molar-refractivity contribution < 1.29 is 14.3 Å². The van der Waals surface area contributed by atoms with Gasteiger partial charge in [0.25, 0.3) is 5.91 Å². The molecule has 1 amide bonds. The molecular weight excluding hydrogens is 364 g/mol. The van der Waals surface area contributed by atoms with Gasteiger partial charge in [0.15, 0.2) is 6.61 Å². The Morgan fingerprint density at radius 3 is 2.03 bits per heavy atom. The normalized spacial score (nSPS) is 10.0. The van der Waals surface area contributed by atoms with Crippen molar-refractivity contribution in [2.45, 2.75) is 6.42 Å². The van der Waals surface area contributed by atoms with Crippen molar-refractivity contribution >= 4 is 17.6 Å². The minimum Gasteiger partial charge on any atom is -0.452 e. The number of nitriles is 1. The lowest BCUT2D eigenvalue weighted by atomic mass is 10.0. The summed E-state index contributed by atoms with van der Waals surface area (Å²) in [5.74, 6) is -0.938. The Morgan fingerprint density at radius 1 is 0.828 bits per heavy atom. The van der Waals surface area contributed by atoms with E-state index in [1.54, 1.807) is 24.3 Å². The smallest absolute Gasteiger partial charge is 0.338 e. The Morgan fingerprint density at radius 2 is 1.41 bits per heavy atom. The molecule has 0 aliphatic heterocycles. The van der Waals surface area contributed by atoms with Gasteiger partial charge in [-0.05, 0) is 35.4 Å². The van der Waals surface area contributed by atoms with Crippen LogP contribution in [0.3, 0.4) is 0 Å². The zero-order chi connectivity index (χ0) is 20.5. The molecule has 144 valence electrons. The molecule has 0 aromatic heterocycles. The number of amides is 1. The van der Waals surface area contributed by atoms with Crippen LogP contribution in [-0.2, 0) is 9.53 Å². The van der Waals surface area contributed by atoms with Gasteiger partial charge in [0.1, 0.15) is 0 Å². The number of ether oxygens (including phenoxy) is 1. The predicted molar refractivity (Wildman–Crippen MR) is 111 cm³/mol. The zero-order valence-corrected chi connectivity index (χ0v) is 15.8. The number of para-hydroxylation sites is 1. The van der Waals surface area contributed by atoms with E-state index in [1.807, 2.05) is 66.7 Å². The third-order valence-corrected chi connectivity index (χ3v) is 4.37. The summed E-state index contributed by atoms with van der Waals surface area (Å²) in [4.78, 5) is 26.3. The van der Waals surface area contributed by atoms with Gasteiger partial charge in [-0.2, -0.15) is 5.26 Å². The van der Waals surface area contributed by atoms with Crippen LogP contribution in [0.15, 0.2) is 84.9 Å². The summed E-state index contributed by atoms with van der Waals surface area (Å²) in [7, 11) is 0. The predicted octanol–water partition coefficient (Wildman–Crippen LogP) is 4.46. The number of benzene rings is 3. The fourth-order valence-electron chi connectivity index (χ4n) is 2.89. The second-order valence-electron chi connectivity index (χ2n) is 6.31. The third kappa shape index (κ3) is 5.30. The molecule has 0 atom stereocenters. The Labute approximate surface area is 169 Å². The maximum absolute atomic E-state index is 12.6. The van der Waals surface area contributed by atoms with Crippen LogP contribution in [0.25, 0.3) is 11.1 Å². The van der Waals surface area contributed by atoms with E-state index in [0.717, 1.165) is 11.1 Å². The molecule has 0 heterocycles. The molecule has 0 radical (unpaired) electrons. The van der Waals surface area contributed by atoms with Crippen LogP contribution in [0.4, 0.5) is 5.69 Å². The number of carbonyl (C=O) groups is 2. The lowest BCUT2D eigenvalue weighted by Crippen LogP contribution is -2.35. The lowest BCUT2D eigenvalue weighted by Gasteiger charge is -2.21. The molecule has 0 aliphatic rings. The molecule has 0 spiro atoms. The molecule has 5 nitrogen and oxygen atoms in total. The Kier molecular flexibility index (Phi) is 6.75. The van der Waals surface area contributed by atoms with E-state index in [-0.39, 0.29) is 25.5 Å². The van der Waals surface area contributed by atoms with E-state index in [1.165, 1.54) is 4.90 Å². The van der Waals surface area contributed by atoms with E-state index < -0.39 is 5.97 Å². The Hall–Kier alpha value is -3.91. The molecule has 0 fully saturated rings. The topological polar surface area (TPSA) is 70.4 Å². The minimum atomic E-state index is -0.564. The molecule has 3 rings (SSSR count). The van der Waals surface area contributed by atoms with Gasteiger partial charge >= 0.3 is 5.97 Å². The van der Waals surface area contributed by atoms with Crippen LogP contribution in [0.1, 0.15) is 16.8 Å². The largest absolute Gasteiger partial charge is 0.452 e.